The van der Waals surface area contributed by atoms with Gasteiger partial charge in [0, 0.05) is 0 Å². The molecule has 0 saturated heterocycles. The van der Waals surface area contributed by atoms with Crippen LogP contribution >= 0.6 is 0 Å². The van der Waals surface area contributed by atoms with Crippen molar-refractivity contribution < 1.29 is 0 Å². The summed E-state index contributed by atoms with van der Waals surface area (Å²) >= 11 is 0. The SMILES string of the molecule is CC1=CCCC(CCCN)C1. The van der Waals surface area contributed by atoms with Crippen LogP contribution in [0.5, 0.6) is 0 Å². The molecule has 1 atom stereocenters. The van der Waals surface area contributed by atoms with Gasteiger partial charge in [0.1, 0.15) is 0 Å². The molecular weight excluding hydrogens is 134 g/mol. The Morgan fingerprint density at radius 3 is 3.09 bits per heavy atom. The van der Waals surface area contributed by atoms with E-state index >= 15 is 0 Å². The van der Waals surface area contributed by atoms with Gasteiger partial charge in [0.05, 0.1) is 0 Å². The van der Waals surface area contributed by atoms with Gasteiger partial charge in [0.15, 0.2) is 0 Å². The Hall–Kier alpha value is -0.300. The highest BCUT2D eigenvalue weighted by molar-refractivity contribution is 5.03. The molecule has 1 heteroatoms. The quantitative estimate of drug-likeness (QED) is 0.619. The van der Waals surface area contributed by atoms with E-state index in [0.717, 1.165) is 12.5 Å². The molecule has 0 fully saturated rings. The number of allylic oxidation sites excluding steroid dienone is 2. The van der Waals surface area contributed by atoms with Crippen LogP contribution in [-0.4, -0.2) is 6.54 Å². The molecule has 0 spiro atoms. The van der Waals surface area contributed by atoms with Gasteiger partial charge in [-0.25, -0.2) is 0 Å². The molecular formula is C10H19N. The van der Waals surface area contributed by atoms with Crippen LogP contribution in [0, 0.1) is 5.92 Å². The molecule has 1 nitrogen and oxygen atoms in total. The molecule has 0 aromatic heterocycles. The van der Waals surface area contributed by atoms with Gasteiger partial charge in [-0.2, -0.15) is 0 Å². The van der Waals surface area contributed by atoms with Gasteiger partial charge in [-0.1, -0.05) is 11.6 Å². The first kappa shape index (κ1) is 8.79. The average Bonchev–Trinajstić information content (AvgIpc) is 2.01. The fourth-order valence-electron chi connectivity index (χ4n) is 1.86. The van der Waals surface area contributed by atoms with Crippen LogP contribution < -0.4 is 5.73 Å². The number of nitrogens with two attached hydrogens (primary N) is 1. The van der Waals surface area contributed by atoms with Crippen molar-refractivity contribution in [3.63, 3.8) is 0 Å². The van der Waals surface area contributed by atoms with Crippen LogP contribution in [0.15, 0.2) is 11.6 Å². The van der Waals surface area contributed by atoms with Gasteiger partial charge in [0.25, 0.3) is 0 Å². The predicted octanol–water partition coefficient (Wildman–Crippen LogP) is 2.47. The molecule has 0 aliphatic heterocycles. The van der Waals surface area contributed by atoms with Gasteiger partial charge in [0.2, 0.25) is 0 Å². The predicted molar refractivity (Wildman–Crippen MR) is 49.4 cm³/mol. The van der Waals surface area contributed by atoms with Crippen molar-refractivity contribution in [1.29, 1.82) is 0 Å². The minimum Gasteiger partial charge on any atom is -0.330 e. The van der Waals surface area contributed by atoms with Crippen molar-refractivity contribution in [2.24, 2.45) is 11.7 Å². The molecule has 0 amide bonds. The first-order valence-corrected chi connectivity index (χ1v) is 4.68. The van der Waals surface area contributed by atoms with E-state index in [4.69, 9.17) is 5.73 Å². The molecule has 0 bridgehead atoms. The van der Waals surface area contributed by atoms with E-state index in [9.17, 15) is 0 Å². The Bertz CT molecular complexity index is 138. The van der Waals surface area contributed by atoms with E-state index in [0.29, 0.717) is 0 Å². The lowest BCUT2D eigenvalue weighted by atomic mass is 9.86. The van der Waals surface area contributed by atoms with Crippen LogP contribution in [0.2, 0.25) is 0 Å². The Balaban J connectivity index is 2.21. The molecule has 0 saturated carbocycles. The van der Waals surface area contributed by atoms with Crippen molar-refractivity contribution in [2.45, 2.75) is 39.0 Å². The minimum absolute atomic E-state index is 0.860. The number of hydrogen-bond acceptors (Lipinski definition) is 1. The molecule has 1 unspecified atom stereocenters. The summed E-state index contributed by atoms with van der Waals surface area (Å²) in [5, 5.41) is 0. The number of hydrogen-bond donors (Lipinski definition) is 1. The third-order valence-electron chi connectivity index (χ3n) is 2.49. The molecule has 1 aliphatic carbocycles. The molecule has 11 heavy (non-hydrogen) atoms. The van der Waals surface area contributed by atoms with Gasteiger partial charge in [-0.05, 0) is 51.5 Å². The van der Waals surface area contributed by atoms with E-state index in [1.54, 1.807) is 5.57 Å². The minimum atomic E-state index is 0.860. The largest absolute Gasteiger partial charge is 0.330 e. The summed E-state index contributed by atoms with van der Waals surface area (Å²) in [6.07, 6.45) is 8.91. The normalized spacial score (nSPS) is 24.9. The van der Waals surface area contributed by atoms with Crippen molar-refractivity contribution in [2.75, 3.05) is 6.54 Å². The summed E-state index contributed by atoms with van der Waals surface area (Å²) in [6, 6.07) is 0. The van der Waals surface area contributed by atoms with E-state index in [2.05, 4.69) is 13.0 Å². The first-order chi connectivity index (χ1) is 5.33. The van der Waals surface area contributed by atoms with Crippen molar-refractivity contribution in [3.8, 4) is 0 Å². The fraction of sp³-hybridized carbons (Fsp3) is 0.800. The fourth-order valence-corrected chi connectivity index (χ4v) is 1.86. The summed E-state index contributed by atoms with van der Waals surface area (Å²) in [4.78, 5) is 0. The molecule has 1 aliphatic rings. The molecule has 0 heterocycles. The van der Waals surface area contributed by atoms with Crippen LogP contribution in [0.3, 0.4) is 0 Å². The van der Waals surface area contributed by atoms with Crippen molar-refractivity contribution in [1.82, 2.24) is 0 Å². The van der Waals surface area contributed by atoms with E-state index < -0.39 is 0 Å². The maximum absolute atomic E-state index is 5.47. The third-order valence-corrected chi connectivity index (χ3v) is 2.49. The Labute approximate surface area is 69.7 Å². The maximum Gasteiger partial charge on any atom is -0.00772 e. The van der Waals surface area contributed by atoms with Gasteiger partial charge in [-0.3, -0.25) is 0 Å². The monoisotopic (exact) mass is 153 g/mol. The Morgan fingerprint density at radius 2 is 2.45 bits per heavy atom. The zero-order valence-electron chi connectivity index (χ0n) is 7.47. The van der Waals surface area contributed by atoms with E-state index in [1.807, 2.05) is 0 Å². The number of rotatable bonds is 3. The summed E-state index contributed by atoms with van der Waals surface area (Å²) in [5.41, 5.74) is 7.05. The zero-order valence-corrected chi connectivity index (χ0v) is 7.47. The van der Waals surface area contributed by atoms with E-state index in [-0.39, 0.29) is 0 Å². The molecule has 1 rings (SSSR count). The van der Waals surface area contributed by atoms with Crippen LogP contribution in [-0.2, 0) is 0 Å². The molecule has 0 aromatic carbocycles. The van der Waals surface area contributed by atoms with Gasteiger partial charge < -0.3 is 5.73 Å². The molecule has 0 aromatic rings. The summed E-state index contributed by atoms with van der Waals surface area (Å²) in [6.45, 7) is 3.11. The second-order valence-corrected chi connectivity index (χ2v) is 3.63. The zero-order chi connectivity index (χ0) is 8.10. The second-order valence-electron chi connectivity index (χ2n) is 3.63. The highest BCUT2D eigenvalue weighted by Gasteiger charge is 2.11. The Kier molecular flexibility index (Phi) is 3.64. The standard InChI is InChI=1S/C10H19N/c1-9-4-2-5-10(8-9)6-3-7-11/h4,10H,2-3,5-8,11H2,1H3. The summed E-state index contributed by atoms with van der Waals surface area (Å²) in [7, 11) is 0. The van der Waals surface area contributed by atoms with Crippen LogP contribution in [0.25, 0.3) is 0 Å². The lowest BCUT2D eigenvalue weighted by Crippen LogP contribution is -2.08. The highest BCUT2D eigenvalue weighted by Crippen LogP contribution is 2.26. The third kappa shape index (κ3) is 3.06. The lowest BCUT2D eigenvalue weighted by Gasteiger charge is -2.20. The van der Waals surface area contributed by atoms with Crippen LogP contribution in [0.4, 0.5) is 0 Å². The summed E-state index contributed by atoms with van der Waals surface area (Å²) in [5.74, 6) is 0.934. The van der Waals surface area contributed by atoms with Gasteiger partial charge in [-0.15, -0.1) is 0 Å². The van der Waals surface area contributed by atoms with Crippen molar-refractivity contribution in [3.05, 3.63) is 11.6 Å². The topological polar surface area (TPSA) is 26.0 Å². The smallest absolute Gasteiger partial charge is 0.00772 e. The molecule has 2 N–H and O–H groups in total. The van der Waals surface area contributed by atoms with E-state index in [1.165, 1.54) is 32.1 Å². The first-order valence-electron chi connectivity index (χ1n) is 4.68. The maximum atomic E-state index is 5.47. The highest BCUT2D eigenvalue weighted by atomic mass is 14.5. The second kappa shape index (κ2) is 4.55. The summed E-state index contributed by atoms with van der Waals surface area (Å²) < 4.78 is 0. The Morgan fingerprint density at radius 1 is 1.64 bits per heavy atom. The molecule has 64 valence electrons. The van der Waals surface area contributed by atoms with Gasteiger partial charge >= 0.3 is 0 Å². The average molecular weight is 153 g/mol. The lowest BCUT2D eigenvalue weighted by molar-refractivity contribution is 0.423. The molecule has 0 radical (unpaired) electrons. The van der Waals surface area contributed by atoms with Crippen molar-refractivity contribution >= 4 is 0 Å². The van der Waals surface area contributed by atoms with Crippen LogP contribution in [0.1, 0.15) is 39.0 Å².